The number of hydrogen-bond acceptors (Lipinski definition) is 4. The van der Waals surface area contributed by atoms with Gasteiger partial charge in [-0.3, -0.25) is 4.79 Å². The predicted octanol–water partition coefficient (Wildman–Crippen LogP) is 4.30. The maximum atomic E-state index is 12.0. The number of carbonyl (C=O) groups excluding carboxylic acids is 2. The molecule has 1 amide bonds. The number of benzene rings is 2. The number of esters is 1. The Morgan fingerprint density at radius 1 is 1.08 bits per heavy atom. The van der Waals surface area contributed by atoms with Gasteiger partial charge in [0.05, 0.1) is 19.3 Å². The Balaban J connectivity index is 1.93. The van der Waals surface area contributed by atoms with Crippen molar-refractivity contribution >= 4 is 23.6 Å². The SMILES string of the molecule is CCCCOC(=O)c1ccc(NC(=O)C=Cc2ccccc2OC)cc1. The molecule has 0 atom stereocenters. The first kappa shape index (κ1) is 19.2. The molecule has 136 valence electrons. The summed E-state index contributed by atoms with van der Waals surface area (Å²) >= 11 is 0. The van der Waals surface area contributed by atoms with Gasteiger partial charge in [-0.1, -0.05) is 31.5 Å². The molecule has 0 saturated heterocycles. The normalized spacial score (nSPS) is 10.5. The average Bonchev–Trinajstić information content (AvgIpc) is 2.67. The Labute approximate surface area is 153 Å². The molecular weight excluding hydrogens is 330 g/mol. The van der Waals surface area contributed by atoms with Crippen molar-refractivity contribution in [1.82, 2.24) is 0 Å². The van der Waals surface area contributed by atoms with Crippen molar-refractivity contribution in [2.75, 3.05) is 19.0 Å². The number of ether oxygens (including phenoxy) is 2. The first-order chi connectivity index (χ1) is 12.6. The summed E-state index contributed by atoms with van der Waals surface area (Å²) in [5.74, 6) is 0.0732. The number of unbranched alkanes of at least 4 members (excludes halogenated alkanes) is 1. The van der Waals surface area contributed by atoms with Crippen LogP contribution in [0, 0.1) is 0 Å². The number of amides is 1. The van der Waals surface area contributed by atoms with Crippen molar-refractivity contribution in [1.29, 1.82) is 0 Å². The molecule has 0 aliphatic rings. The van der Waals surface area contributed by atoms with E-state index >= 15 is 0 Å². The van der Waals surface area contributed by atoms with E-state index in [0.29, 0.717) is 23.6 Å². The van der Waals surface area contributed by atoms with Gasteiger partial charge in [-0.05, 0) is 42.8 Å². The van der Waals surface area contributed by atoms with Gasteiger partial charge in [-0.15, -0.1) is 0 Å². The van der Waals surface area contributed by atoms with Crippen molar-refractivity contribution in [2.45, 2.75) is 19.8 Å². The summed E-state index contributed by atoms with van der Waals surface area (Å²) < 4.78 is 10.4. The highest BCUT2D eigenvalue weighted by Crippen LogP contribution is 2.18. The maximum absolute atomic E-state index is 12.0. The van der Waals surface area contributed by atoms with Crippen LogP contribution in [-0.2, 0) is 9.53 Å². The molecule has 0 aliphatic heterocycles. The second-order valence-corrected chi connectivity index (χ2v) is 5.63. The fraction of sp³-hybridized carbons (Fsp3) is 0.238. The number of hydrogen-bond donors (Lipinski definition) is 1. The van der Waals surface area contributed by atoms with E-state index in [0.717, 1.165) is 18.4 Å². The summed E-state index contributed by atoms with van der Waals surface area (Å²) in [5, 5.41) is 2.75. The molecule has 0 saturated carbocycles. The summed E-state index contributed by atoms with van der Waals surface area (Å²) in [6.07, 6.45) is 4.94. The minimum absolute atomic E-state index is 0.269. The van der Waals surface area contributed by atoms with Crippen LogP contribution < -0.4 is 10.1 Å². The van der Waals surface area contributed by atoms with Crippen molar-refractivity contribution in [3.05, 3.63) is 65.7 Å². The predicted molar refractivity (Wildman–Crippen MR) is 102 cm³/mol. The fourth-order valence-electron chi connectivity index (χ4n) is 2.24. The molecule has 0 bridgehead atoms. The lowest BCUT2D eigenvalue weighted by Gasteiger charge is -2.06. The monoisotopic (exact) mass is 353 g/mol. The molecule has 0 aliphatic carbocycles. The molecule has 26 heavy (non-hydrogen) atoms. The van der Waals surface area contributed by atoms with Crippen LogP contribution in [0.4, 0.5) is 5.69 Å². The van der Waals surface area contributed by atoms with Crippen LogP contribution in [0.5, 0.6) is 5.75 Å². The zero-order chi connectivity index (χ0) is 18.8. The lowest BCUT2D eigenvalue weighted by molar-refractivity contribution is -0.111. The lowest BCUT2D eigenvalue weighted by atomic mass is 10.2. The minimum Gasteiger partial charge on any atom is -0.496 e. The Bertz CT molecular complexity index is 766. The van der Waals surface area contributed by atoms with Crippen LogP contribution in [0.2, 0.25) is 0 Å². The van der Waals surface area contributed by atoms with Gasteiger partial charge in [0, 0.05) is 17.3 Å². The van der Waals surface area contributed by atoms with Gasteiger partial charge in [-0.25, -0.2) is 4.79 Å². The molecule has 0 radical (unpaired) electrons. The first-order valence-corrected chi connectivity index (χ1v) is 8.53. The third-order valence-electron chi connectivity index (χ3n) is 3.67. The second kappa shape index (κ2) is 10.0. The topological polar surface area (TPSA) is 64.6 Å². The van der Waals surface area contributed by atoms with Gasteiger partial charge >= 0.3 is 5.97 Å². The quantitative estimate of drug-likeness (QED) is 0.436. The number of nitrogens with one attached hydrogen (secondary N) is 1. The third kappa shape index (κ3) is 5.77. The van der Waals surface area contributed by atoms with Crippen molar-refractivity contribution in [3.63, 3.8) is 0 Å². The summed E-state index contributed by atoms with van der Waals surface area (Å²) in [6, 6.07) is 14.0. The maximum Gasteiger partial charge on any atom is 0.338 e. The number of rotatable bonds is 8. The van der Waals surface area contributed by atoms with Crippen LogP contribution in [0.1, 0.15) is 35.7 Å². The van der Waals surface area contributed by atoms with E-state index in [1.165, 1.54) is 6.08 Å². The third-order valence-corrected chi connectivity index (χ3v) is 3.67. The van der Waals surface area contributed by atoms with Crippen LogP contribution in [0.3, 0.4) is 0 Å². The molecule has 0 fully saturated rings. The largest absolute Gasteiger partial charge is 0.496 e. The molecule has 0 aromatic heterocycles. The van der Waals surface area contributed by atoms with E-state index in [1.807, 2.05) is 31.2 Å². The van der Waals surface area contributed by atoms with E-state index in [9.17, 15) is 9.59 Å². The van der Waals surface area contributed by atoms with Gasteiger partial charge in [-0.2, -0.15) is 0 Å². The van der Waals surface area contributed by atoms with Gasteiger partial charge in [0.2, 0.25) is 5.91 Å². The first-order valence-electron chi connectivity index (χ1n) is 8.53. The zero-order valence-electron chi connectivity index (χ0n) is 15.0. The lowest BCUT2D eigenvalue weighted by Crippen LogP contribution is -2.09. The van der Waals surface area contributed by atoms with Gasteiger partial charge in [0.25, 0.3) is 0 Å². The van der Waals surface area contributed by atoms with Gasteiger partial charge in [0.15, 0.2) is 0 Å². The Morgan fingerprint density at radius 3 is 2.50 bits per heavy atom. The summed E-state index contributed by atoms with van der Waals surface area (Å²) in [6.45, 7) is 2.45. The smallest absolute Gasteiger partial charge is 0.338 e. The van der Waals surface area contributed by atoms with E-state index in [4.69, 9.17) is 9.47 Å². The van der Waals surface area contributed by atoms with E-state index in [2.05, 4.69) is 5.32 Å². The fourth-order valence-corrected chi connectivity index (χ4v) is 2.24. The van der Waals surface area contributed by atoms with Crippen LogP contribution in [0.15, 0.2) is 54.6 Å². The highest BCUT2D eigenvalue weighted by Gasteiger charge is 2.07. The molecule has 2 aromatic rings. The number of carbonyl (C=O) groups is 2. The molecule has 0 unspecified atom stereocenters. The van der Waals surface area contributed by atoms with Gasteiger partial charge < -0.3 is 14.8 Å². The number of anilines is 1. The van der Waals surface area contributed by atoms with Crippen molar-refractivity contribution in [3.8, 4) is 5.75 Å². The molecule has 2 rings (SSSR count). The van der Waals surface area contributed by atoms with Crippen LogP contribution >= 0.6 is 0 Å². The highest BCUT2D eigenvalue weighted by atomic mass is 16.5. The molecule has 2 aromatic carbocycles. The molecule has 1 N–H and O–H groups in total. The molecule has 0 heterocycles. The second-order valence-electron chi connectivity index (χ2n) is 5.63. The molecule has 5 heteroatoms. The van der Waals surface area contributed by atoms with E-state index in [1.54, 1.807) is 37.5 Å². The molecule has 0 spiro atoms. The summed E-state index contributed by atoms with van der Waals surface area (Å²) in [7, 11) is 1.58. The summed E-state index contributed by atoms with van der Waals surface area (Å²) in [4.78, 5) is 23.9. The standard InChI is InChI=1S/C21H23NO4/c1-3-4-15-26-21(24)17-9-12-18(13-10-17)22-20(23)14-11-16-7-5-6-8-19(16)25-2/h5-14H,3-4,15H2,1-2H3,(H,22,23). The Morgan fingerprint density at radius 2 is 1.81 bits per heavy atom. The molecule has 5 nitrogen and oxygen atoms in total. The Hall–Kier alpha value is -3.08. The Kier molecular flexibility index (Phi) is 7.43. The van der Waals surface area contributed by atoms with Crippen molar-refractivity contribution in [2.24, 2.45) is 0 Å². The zero-order valence-corrected chi connectivity index (χ0v) is 15.0. The van der Waals surface area contributed by atoms with E-state index < -0.39 is 0 Å². The highest BCUT2D eigenvalue weighted by molar-refractivity contribution is 6.02. The number of para-hydroxylation sites is 1. The van der Waals surface area contributed by atoms with Crippen LogP contribution in [0.25, 0.3) is 6.08 Å². The van der Waals surface area contributed by atoms with Gasteiger partial charge in [0.1, 0.15) is 5.75 Å². The summed E-state index contributed by atoms with van der Waals surface area (Å²) in [5.41, 5.74) is 1.88. The average molecular weight is 353 g/mol. The van der Waals surface area contributed by atoms with Crippen LogP contribution in [-0.4, -0.2) is 25.6 Å². The molecular formula is C21H23NO4. The number of methoxy groups -OCH3 is 1. The van der Waals surface area contributed by atoms with Crippen molar-refractivity contribution < 1.29 is 19.1 Å². The van der Waals surface area contributed by atoms with E-state index in [-0.39, 0.29) is 11.9 Å². The minimum atomic E-state index is -0.354.